The van der Waals surface area contributed by atoms with Crippen molar-refractivity contribution in [2.45, 2.75) is 27.2 Å². The van der Waals surface area contributed by atoms with E-state index in [0.717, 1.165) is 6.54 Å². The molecule has 100 valence electrons. The third kappa shape index (κ3) is 5.68. The molecule has 0 rings (SSSR count). The summed E-state index contributed by atoms with van der Waals surface area (Å²) in [5, 5.41) is 0. The minimum absolute atomic E-state index is 0.237. The molecule has 0 radical (unpaired) electrons. The summed E-state index contributed by atoms with van der Waals surface area (Å²) in [4.78, 5) is 24.6. The largest absolute Gasteiger partial charge is 0.469 e. The standard InChI is InChI=1S/C12H23NO4/c1-6-13(8-7-10(14)16-4)9-12(2,3)11(15)17-5/h6-9H2,1-5H3. The van der Waals surface area contributed by atoms with Crippen molar-refractivity contribution < 1.29 is 19.1 Å². The predicted octanol–water partition coefficient (Wildman–Crippen LogP) is 1.07. The van der Waals surface area contributed by atoms with E-state index < -0.39 is 5.41 Å². The lowest BCUT2D eigenvalue weighted by atomic mass is 9.93. The molecule has 0 saturated heterocycles. The van der Waals surface area contributed by atoms with Gasteiger partial charge in [-0.05, 0) is 20.4 Å². The van der Waals surface area contributed by atoms with E-state index in [-0.39, 0.29) is 11.9 Å². The maximum Gasteiger partial charge on any atom is 0.312 e. The lowest BCUT2D eigenvalue weighted by molar-refractivity contribution is -0.151. The Morgan fingerprint density at radius 3 is 2.18 bits per heavy atom. The van der Waals surface area contributed by atoms with Gasteiger partial charge < -0.3 is 14.4 Å². The number of rotatable bonds is 7. The van der Waals surface area contributed by atoms with Crippen LogP contribution in [-0.2, 0) is 19.1 Å². The molecule has 0 atom stereocenters. The van der Waals surface area contributed by atoms with Gasteiger partial charge in [0.2, 0.25) is 0 Å². The summed E-state index contributed by atoms with van der Waals surface area (Å²) in [6.07, 6.45) is 0.335. The monoisotopic (exact) mass is 245 g/mol. The average molecular weight is 245 g/mol. The van der Waals surface area contributed by atoms with E-state index in [4.69, 9.17) is 4.74 Å². The van der Waals surface area contributed by atoms with E-state index in [1.165, 1.54) is 14.2 Å². The second-order valence-electron chi connectivity index (χ2n) is 4.57. The van der Waals surface area contributed by atoms with E-state index in [2.05, 4.69) is 4.74 Å². The number of carbonyl (C=O) groups is 2. The maximum absolute atomic E-state index is 11.5. The molecule has 0 aromatic carbocycles. The molecule has 0 bridgehead atoms. The second-order valence-corrected chi connectivity index (χ2v) is 4.57. The fraction of sp³-hybridized carbons (Fsp3) is 0.833. The smallest absolute Gasteiger partial charge is 0.312 e. The maximum atomic E-state index is 11.5. The molecule has 0 aromatic heterocycles. The van der Waals surface area contributed by atoms with Gasteiger partial charge in [-0.25, -0.2) is 0 Å². The summed E-state index contributed by atoms with van der Waals surface area (Å²) in [7, 11) is 2.76. The Labute approximate surface area is 103 Å². The molecular weight excluding hydrogens is 222 g/mol. The zero-order valence-electron chi connectivity index (χ0n) is 11.4. The molecule has 0 unspecified atom stereocenters. The minimum Gasteiger partial charge on any atom is -0.469 e. The van der Waals surface area contributed by atoms with Gasteiger partial charge in [0.25, 0.3) is 0 Å². The van der Waals surface area contributed by atoms with Crippen LogP contribution >= 0.6 is 0 Å². The topological polar surface area (TPSA) is 55.8 Å². The molecule has 0 N–H and O–H groups in total. The van der Waals surface area contributed by atoms with Crippen LogP contribution in [0.2, 0.25) is 0 Å². The molecule has 0 aromatic rings. The molecule has 0 aliphatic heterocycles. The molecule has 0 heterocycles. The van der Waals surface area contributed by atoms with Crippen molar-refractivity contribution in [2.75, 3.05) is 33.9 Å². The van der Waals surface area contributed by atoms with Crippen LogP contribution in [0.25, 0.3) is 0 Å². The molecule has 0 fully saturated rings. The molecular formula is C12H23NO4. The van der Waals surface area contributed by atoms with Crippen LogP contribution in [0.1, 0.15) is 27.2 Å². The molecule has 5 heteroatoms. The van der Waals surface area contributed by atoms with Crippen LogP contribution < -0.4 is 0 Å². The number of methoxy groups -OCH3 is 2. The summed E-state index contributed by atoms with van der Waals surface area (Å²) in [5.74, 6) is -0.478. The highest BCUT2D eigenvalue weighted by molar-refractivity contribution is 5.76. The Morgan fingerprint density at radius 2 is 1.76 bits per heavy atom. The Bertz CT molecular complexity index is 263. The molecule has 5 nitrogen and oxygen atoms in total. The van der Waals surface area contributed by atoms with Gasteiger partial charge in [0.05, 0.1) is 26.1 Å². The Morgan fingerprint density at radius 1 is 1.18 bits per heavy atom. The number of hydrogen-bond donors (Lipinski definition) is 0. The normalized spacial score (nSPS) is 11.4. The summed E-state index contributed by atoms with van der Waals surface area (Å²) in [6.45, 7) is 7.58. The van der Waals surface area contributed by atoms with Crippen molar-refractivity contribution in [1.29, 1.82) is 0 Å². The second kappa shape index (κ2) is 7.27. The third-order valence-corrected chi connectivity index (χ3v) is 2.66. The lowest BCUT2D eigenvalue weighted by Crippen LogP contribution is -2.40. The molecule has 0 aliphatic rings. The van der Waals surface area contributed by atoms with Crippen LogP contribution in [0.15, 0.2) is 0 Å². The number of hydrogen-bond acceptors (Lipinski definition) is 5. The number of carbonyl (C=O) groups excluding carboxylic acids is 2. The molecule has 0 aliphatic carbocycles. The summed E-state index contributed by atoms with van der Waals surface area (Å²) >= 11 is 0. The van der Waals surface area contributed by atoms with E-state index in [0.29, 0.717) is 19.5 Å². The molecule has 17 heavy (non-hydrogen) atoms. The van der Waals surface area contributed by atoms with Crippen LogP contribution in [-0.4, -0.2) is 50.7 Å². The minimum atomic E-state index is -0.569. The van der Waals surface area contributed by atoms with Crippen molar-refractivity contribution in [3.63, 3.8) is 0 Å². The molecule has 0 saturated carbocycles. The first-order valence-corrected chi connectivity index (χ1v) is 5.75. The first-order valence-electron chi connectivity index (χ1n) is 5.75. The van der Waals surface area contributed by atoms with Crippen LogP contribution in [0.3, 0.4) is 0 Å². The van der Waals surface area contributed by atoms with Crippen molar-refractivity contribution in [2.24, 2.45) is 5.41 Å². The first-order chi connectivity index (χ1) is 7.87. The van der Waals surface area contributed by atoms with Crippen molar-refractivity contribution in [3.05, 3.63) is 0 Å². The summed E-state index contributed by atoms with van der Waals surface area (Å²) in [6, 6.07) is 0. The molecule has 0 spiro atoms. The Hall–Kier alpha value is -1.10. The Kier molecular flexibility index (Phi) is 6.80. The van der Waals surface area contributed by atoms with Gasteiger partial charge in [-0.1, -0.05) is 6.92 Å². The zero-order chi connectivity index (χ0) is 13.5. The van der Waals surface area contributed by atoms with Crippen LogP contribution in [0.4, 0.5) is 0 Å². The van der Waals surface area contributed by atoms with E-state index >= 15 is 0 Å². The quantitative estimate of drug-likeness (QED) is 0.628. The van der Waals surface area contributed by atoms with Crippen molar-refractivity contribution >= 4 is 11.9 Å². The highest BCUT2D eigenvalue weighted by Crippen LogP contribution is 2.18. The van der Waals surface area contributed by atoms with Gasteiger partial charge >= 0.3 is 11.9 Å². The number of nitrogens with zero attached hydrogens (tertiary/aromatic N) is 1. The average Bonchev–Trinajstić information content (AvgIpc) is 2.32. The SMILES string of the molecule is CCN(CCC(=O)OC)CC(C)(C)C(=O)OC. The first kappa shape index (κ1) is 15.9. The van der Waals surface area contributed by atoms with Crippen molar-refractivity contribution in [3.8, 4) is 0 Å². The van der Waals surface area contributed by atoms with Gasteiger partial charge in [-0.3, -0.25) is 9.59 Å². The number of esters is 2. The lowest BCUT2D eigenvalue weighted by Gasteiger charge is -2.29. The number of ether oxygens (including phenoxy) is 2. The fourth-order valence-corrected chi connectivity index (χ4v) is 1.60. The Balaban J connectivity index is 4.29. The van der Waals surface area contributed by atoms with E-state index in [1.54, 1.807) is 0 Å². The highest BCUT2D eigenvalue weighted by Gasteiger charge is 2.30. The van der Waals surface area contributed by atoms with Gasteiger partial charge in [-0.2, -0.15) is 0 Å². The highest BCUT2D eigenvalue weighted by atomic mass is 16.5. The molecule has 0 amide bonds. The summed E-state index contributed by atoms with van der Waals surface area (Å²) < 4.78 is 9.34. The predicted molar refractivity (Wildman–Crippen MR) is 64.5 cm³/mol. The zero-order valence-corrected chi connectivity index (χ0v) is 11.4. The van der Waals surface area contributed by atoms with Crippen LogP contribution in [0, 0.1) is 5.41 Å². The van der Waals surface area contributed by atoms with Crippen LogP contribution in [0.5, 0.6) is 0 Å². The summed E-state index contributed by atoms with van der Waals surface area (Å²) in [5.41, 5.74) is -0.569. The third-order valence-electron chi connectivity index (χ3n) is 2.66. The fourth-order valence-electron chi connectivity index (χ4n) is 1.60. The van der Waals surface area contributed by atoms with Gasteiger partial charge in [0, 0.05) is 13.1 Å². The van der Waals surface area contributed by atoms with Crippen molar-refractivity contribution in [1.82, 2.24) is 4.90 Å². The van der Waals surface area contributed by atoms with E-state index in [1.807, 2.05) is 25.7 Å². The van der Waals surface area contributed by atoms with Gasteiger partial charge in [0.1, 0.15) is 0 Å². The van der Waals surface area contributed by atoms with Gasteiger partial charge in [0.15, 0.2) is 0 Å². The van der Waals surface area contributed by atoms with E-state index in [9.17, 15) is 9.59 Å². The van der Waals surface area contributed by atoms with Gasteiger partial charge in [-0.15, -0.1) is 0 Å².